The van der Waals surface area contributed by atoms with Crippen molar-refractivity contribution in [3.63, 3.8) is 0 Å². The average Bonchev–Trinajstić information content (AvgIpc) is 3.03. The fourth-order valence-electron chi connectivity index (χ4n) is 3.37. The van der Waals surface area contributed by atoms with Crippen LogP contribution in [0.1, 0.15) is 50.8 Å². The van der Waals surface area contributed by atoms with Crippen molar-refractivity contribution >= 4 is 0 Å². The SMILES string of the molecule is CC(C)N1CCCC1c1nc2n(n1)CCC(CO)C2. The number of fused-ring (bicyclic) bond motifs is 1. The van der Waals surface area contributed by atoms with Crippen LogP contribution < -0.4 is 0 Å². The molecule has 0 radical (unpaired) electrons. The lowest BCUT2D eigenvalue weighted by Gasteiger charge is -2.26. The van der Waals surface area contributed by atoms with E-state index in [1.165, 1.54) is 12.8 Å². The van der Waals surface area contributed by atoms with Crippen molar-refractivity contribution in [3.05, 3.63) is 11.6 Å². The van der Waals surface area contributed by atoms with Gasteiger partial charge in [-0.05, 0) is 45.6 Å². The predicted octanol–water partition coefficient (Wildman–Crippen LogP) is 1.38. The molecule has 0 aliphatic carbocycles. The lowest BCUT2D eigenvalue weighted by molar-refractivity contribution is 0.194. The van der Waals surface area contributed by atoms with Gasteiger partial charge in [-0.15, -0.1) is 0 Å². The van der Waals surface area contributed by atoms with Gasteiger partial charge in [-0.3, -0.25) is 4.90 Å². The van der Waals surface area contributed by atoms with Crippen molar-refractivity contribution in [2.45, 2.75) is 58.2 Å². The van der Waals surface area contributed by atoms with E-state index in [9.17, 15) is 5.11 Å². The first kappa shape index (κ1) is 13.1. The Morgan fingerprint density at radius 3 is 2.89 bits per heavy atom. The van der Waals surface area contributed by atoms with Gasteiger partial charge < -0.3 is 5.11 Å². The summed E-state index contributed by atoms with van der Waals surface area (Å²) in [6, 6.07) is 0.948. The minimum absolute atomic E-state index is 0.268. The summed E-state index contributed by atoms with van der Waals surface area (Å²) in [6.07, 6.45) is 4.31. The van der Waals surface area contributed by atoms with Crippen LogP contribution >= 0.6 is 0 Å². The minimum Gasteiger partial charge on any atom is -0.396 e. The third kappa shape index (κ3) is 2.41. The fourth-order valence-corrected chi connectivity index (χ4v) is 3.37. The Balaban J connectivity index is 1.81. The molecule has 3 rings (SSSR count). The molecule has 1 aromatic rings. The number of nitrogens with zero attached hydrogens (tertiary/aromatic N) is 4. The van der Waals surface area contributed by atoms with Gasteiger partial charge in [-0.1, -0.05) is 0 Å². The van der Waals surface area contributed by atoms with E-state index >= 15 is 0 Å². The third-order valence-corrected chi connectivity index (χ3v) is 4.50. The summed E-state index contributed by atoms with van der Waals surface area (Å²) in [5.41, 5.74) is 0. The van der Waals surface area contributed by atoms with E-state index in [-0.39, 0.29) is 6.61 Å². The van der Waals surface area contributed by atoms with Gasteiger partial charge in [-0.2, -0.15) is 5.10 Å². The molecule has 0 bridgehead atoms. The molecule has 5 heteroatoms. The number of likely N-dealkylation sites (tertiary alicyclic amines) is 1. The minimum atomic E-state index is 0.268. The number of aliphatic hydroxyl groups excluding tert-OH is 1. The van der Waals surface area contributed by atoms with Crippen LogP contribution in [0.3, 0.4) is 0 Å². The molecule has 1 saturated heterocycles. The van der Waals surface area contributed by atoms with Crippen LogP contribution in [0.15, 0.2) is 0 Å². The normalized spacial score (nSPS) is 28.0. The van der Waals surface area contributed by atoms with E-state index in [1.54, 1.807) is 0 Å². The summed E-state index contributed by atoms with van der Waals surface area (Å²) in [5, 5.41) is 14.0. The van der Waals surface area contributed by atoms with Crippen molar-refractivity contribution in [1.82, 2.24) is 19.7 Å². The maximum absolute atomic E-state index is 9.28. The van der Waals surface area contributed by atoms with Crippen LogP contribution in [-0.4, -0.2) is 44.0 Å². The van der Waals surface area contributed by atoms with E-state index in [4.69, 9.17) is 10.1 Å². The van der Waals surface area contributed by atoms with Crippen LogP contribution in [0.25, 0.3) is 0 Å². The second-order valence-corrected chi connectivity index (χ2v) is 6.14. The van der Waals surface area contributed by atoms with Crippen molar-refractivity contribution in [1.29, 1.82) is 0 Å². The molecule has 0 spiro atoms. The molecule has 1 aromatic heterocycles. The van der Waals surface area contributed by atoms with Gasteiger partial charge in [0.05, 0.1) is 6.04 Å². The predicted molar refractivity (Wildman–Crippen MR) is 72.7 cm³/mol. The number of rotatable bonds is 3. The van der Waals surface area contributed by atoms with Gasteiger partial charge in [0.15, 0.2) is 5.82 Å². The molecule has 1 fully saturated rings. The molecule has 1 N–H and O–H groups in total. The Kier molecular flexibility index (Phi) is 3.58. The number of aromatic nitrogens is 3. The Morgan fingerprint density at radius 1 is 1.32 bits per heavy atom. The van der Waals surface area contributed by atoms with E-state index in [2.05, 4.69) is 23.4 Å². The van der Waals surface area contributed by atoms with Crippen LogP contribution in [0.5, 0.6) is 0 Å². The molecular formula is C14H24N4O. The first-order chi connectivity index (χ1) is 9.19. The summed E-state index contributed by atoms with van der Waals surface area (Å²) in [4.78, 5) is 7.27. The van der Waals surface area contributed by atoms with Gasteiger partial charge in [0.25, 0.3) is 0 Å². The lowest BCUT2D eigenvalue weighted by Crippen LogP contribution is -2.30. The molecule has 19 heavy (non-hydrogen) atoms. The van der Waals surface area contributed by atoms with E-state index in [0.29, 0.717) is 18.0 Å². The fraction of sp³-hybridized carbons (Fsp3) is 0.857. The number of aryl methyl sites for hydroxylation is 1. The summed E-state index contributed by atoms with van der Waals surface area (Å²) in [5.74, 6) is 2.44. The summed E-state index contributed by atoms with van der Waals surface area (Å²) >= 11 is 0. The highest BCUT2D eigenvalue weighted by Gasteiger charge is 2.32. The van der Waals surface area contributed by atoms with Gasteiger partial charge >= 0.3 is 0 Å². The molecule has 0 amide bonds. The first-order valence-corrected chi connectivity index (χ1v) is 7.49. The molecule has 2 atom stereocenters. The van der Waals surface area contributed by atoms with Crippen molar-refractivity contribution in [3.8, 4) is 0 Å². The van der Waals surface area contributed by atoms with Gasteiger partial charge in [0, 0.05) is 25.6 Å². The maximum Gasteiger partial charge on any atom is 0.168 e. The second-order valence-electron chi connectivity index (χ2n) is 6.14. The van der Waals surface area contributed by atoms with Crippen molar-refractivity contribution in [2.75, 3.05) is 13.2 Å². The Morgan fingerprint density at radius 2 is 2.16 bits per heavy atom. The topological polar surface area (TPSA) is 54.2 Å². The van der Waals surface area contributed by atoms with Crippen molar-refractivity contribution in [2.24, 2.45) is 5.92 Å². The summed E-state index contributed by atoms with van der Waals surface area (Å²) in [6.45, 7) is 6.82. The molecular weight excluding hydrogens is 240 g/mol. The lowest BCUT2D eigenvalue weighted by atomic mass is 9.99. The van der Waals surface area contributed by atoms with Gasteiger partial charge in [0.2, 0.25) is 0 Å². The Labute approximate surface area is 114 Å². The highest BCUT2D eigenvalue weighted by atomic mass is 16.3. The quantitative estimate of drug-likeness (QED) is 0.896. The second kappa shape index (κ2) is 5.21. The Bertz CT molecular complexity index is 443. The number of hydrogen-bond acceptors (Lipinski definition) is 4. The van der Waals surface area contributed by atoms with Crippen LogP contribution in [0.4, 0.5) is 0 Å². The van der Waals surface area contributed by atoms with Crippen LogP contribution in [-0.2, 0) is 13.0 Å². The molecule has 0 aromatic carbocycles. The standard InChI is InChI=1S/C14H24N4O/c1-10(2)17-6-3-4-12(17)14-15-13-8-11(9-19)5-7-18(13)16-14/h10-12,19H,3-9H2,1-2H3. The molecule has 3 heterocycles. The molecule has 5 nitrogen and oxygen atoms in total. The summed E-state index contributed by atoms with van der Waals surface area (Å²) in [7, 11) is 0. The molecule has 2 unspecified atom stereocenters. The first-order valence-electron chi connectivity index (χ1n) is 7.49. The highest BCUT2D eigenvalue weighted by Crippen LogP contribution is 2.32. The zero-order chi connectivity index (χ0) is 13.4. The van der Waals surface area contributed by atoms with Crippen LogP contribution in [0, 0.1) is 5.92 Å². The zero-order valence-electron chi connectivity index (χ0n) is 11.9. The van der Waals surface area contributed by atoms with Gasteiger partial charge in [0.1, 0.15) is 5.82 Å². The monoisotopic (exact) mass is 264 g/mol. The smallest absolute Gasteiger partial charge is 0.168 e. The average molecular weight is 264 g/mol. The van der Waals surface area contributed by atoms with E-state index < -0.39 is 0 Å². The molecule has 0 saturated carbocycles. The molecule has 106 valence electrons. The molecule has 2 aliphatic rings. The number of hydrogen-bond donors (Lipinski definition) is 1. The number of aliphatic hydroxyl groups is 1. The van der Waals surface area contributed by atoms with Crippen LogP contribution in [0.2, 0.25) is 0 Å². The van der Waals surface area contributed by atoms with Crippen molar-refractivity contribution < 1.29 is 5.11 Å². The molecule has 2 aliphatic heterocycles. The Hall–Kier alpha value is -0.940. The largest absolute Gasteiger partial charge is 0.396 e. The summed E-state index contributed by atoms with van der Waals surface area (Å²) < 4.78 is 2.05. The van der Waals surface area contributed by atoms with E-state index in [0.717, 1.165) is 37.6 Å². The van der Waals surface area contributed by atoms with E-state index in [1.807, 2.05) is 0 Å². The zero-order valence-corrected chi connectivity index (χ0v) is 11.9. The third-order valence-electron chi connectivity index (χ3n) is 4.50. The maximum atomic E-state index is 9.28. The highest BCUT2D eigenvalue weighted by molar-refractivity contribution is 5.04. The van der Waals surface area contributed by atoms with Gasteiger partial charge in [-0.25, -0.2) is 9.67 Å².